The van der Waals surface area contributed by atoms with Crippen LogP contribution in [0.2, 0.25) is 10.0 Å². The first-order valence-corrected chi connectivity index (χ1v) is 14.1. The van der Waals surface area contributed by atoms with Gasteiger partial charge in [-0.1, -0.05) is 35.3 Å². The third-order valence-corrected chi connectivity index (χ3v) is 7.17. The molecule has 12 heteroatoms. The van der Waals surface area contributed by atoms with E-state index < -0.39 is 10.8 Å². The van der Waals surface area contributed by atoms with Gasteiger partial charge in [0.2, 0.25) is 0 Å². The van der Waals surface area contributed by atoms with Crippen molar-refractivity contribution in [1.29, 1.82) is 0 Å². The van der Waals surface area contributed by atoms with E-state index in [1.165, 1.54) is 29.7 Å². The lowest BCUT2D eigenvalue weighted by atomic mass is 10.1. The Morgan fingerprint density at radius 3 is 2.40 bits per heavy atom. The highest BCUT2D eigenvalue weighted by Gasteiger charge is 2.10. The lowest BCUT2D eigenvalue weighted by molar-refractivity contribution is -0.384. The lowest BCUT2D eigenvalue weighted by Crippen LogP contribution is -2.17. The highest BCUT2D eigenvalue weighted by Crippen LogP contribution is 2.28. The highest BCUT2D eigenvalue weighted by molar-refractivity contribution is 7.14. The minimum atomic E-state index is -0.459. The number of benzene rings is 4. The van der Waals surface area contributed by atoms with Crippen LogP contribution < -0.4 is 15.5 Å². The van der Waals surface area contributed by atoms with Crippen LogP contribution in [-0.2, 0) is 6.61 Å². The molecule has 0 atom stereocenters. The predicted octanol–water partition coefficient (Wildman–Crippen LogP) is 8.11. The van der Waals surface area contributed by atoms with Gasteiger partial charge in [0.05, 0.1) is 16.8 Å². The van der Waals surface area contributed by atoms with Crippen molar-refractivity contribution in [2.24, 2.45) is 5.10 Å². The minimum absolute atomic E-state index is 0.00301. The van der Waals surface area contributed by atoms with E-state index in [2.05, 4.69) is 20.8 Å². The van der Waals surface area contributed by atoms with E-state index in [1.54, 1.807) is 54.6 Å². The molecule has 5 aromatic rings. The van der Waals surface area contributed by atoms with Crippen molar-refractivity contribution in [3.8, 4) is 17.0 Å². The molecule has 0 saturated carbocycles. The standard InChI is InChI=1S/C30H21Cl2N5O4S/c31-23-7-10-25(11-8-23)34-30-35-27(18-42-30)20-3-5-21(6-4-20)29(38)36-33-16-22-15-24(32)9-14-28(22)41-17-19-1-12-26(13-2-19)37(39)40/h1-16,18H,17H2,(H,34,35)(H,36,38)/b33-16-. The normalized spacial score (nSPS) is 10.9. The van der Waals surface area contributed by atoms with Crippen LogP contribution in [0.4, 0.5) is 16.5 Å². The molecule has 9 nitrogen and oxygen atoms in total. The number of halogens is 2. The fourth-order valence-electron chi connectivity index (χ4n) is 3.76. The summed E-state index contributed by atoms with van der Waals surface area (Å²) in [4.78, 5) is 27.7. The first-order chi connectivity index (χ1) is 20.3. The van der Waals surface area contributed by atoms with Crippen molar-refractivity contribution >= 4 is 63.2 Å². The average molecular weight is 619 g/mol. The SMILES string of the molecule is O=C(N/N=C\c1cc(Cl)ccc1OCc1ccc([N+](=O)[O-])cc1)c1ccc(-c2csc(Nc3ccc(Cl)cc3)n2)cc1. The second-order valence-electron chi connectivity index (χ2n) is 8.84. The quantitative estimate of drug-likeness (QED) is 0.0927. The van der Waals surface area contributed by atoms with E-state index >= 15 is 0 Å². The lowest BCUT2D eigenvalue weighted by Gasteiger charge is -2.09. The summed E-state index contributed by atoms with van der Waals surface area (Å²) in [5.41, 5.74) is 6.77. The van der Waals surface area contributed by atoms with E-state index in [9.17, 15) is 14.9 Å². The van der Waals surface area contributed by atoms with Gasteiger partial charge in [0.25, 0.3) is 11.6 Å². The summed E-state index contributed by atoms with van der Waals surface area (Å²) in [7, 11) is 0. The Morgan fingerprint density at radius 2 is 1.69 bits per heavy atom. The summed E-state index contributed by atoms with van der Waals surface area (Å²) < 4.78 is 5.87. The number of nitro benzene ring substituents is 1. The summed E-state index contributed by atoms with van der Waals surface area (Å²) in [5.74, 6) is 0.0878. The molecule has 0 fully saturated rings. The minimum Gasteiger partial charge on any atom is -0.488 e. The van der Waals surface area contributed by atoms with Gasteiger partial charge in [-0.25, -0.2) is 10.4 Å². The van der Waals surface area contributed by atoms with Crippen LogP contribution >= 0.6 is 34.5 Å². The van der Waals surface area contributed by atoms with Crippen LogP contribution in [0, 0.1) is 10.1 Å². The number of nitrogens with one attached hydrogen (secondary N) is 2. The van der Waals surface area contributed by atoms with Gasteiger partial charge in [-0.05, 0) is 72.3 Å². The molecule has 0 radical (unpaired) electrons. The number of hydrogen-bond donors (Lipinski definition) is 2. The number of ether oxygens (including phenoxy) is 1. The van der Waals surface area contributed by atoms with E-state index in [0.717, 1.165) is 27.6 Å². The van der Waals surface area contributed by atoms with Crippen molar-refractivity contribution in [3.05, 3.63) is 133 Å². The van der Waals surface area contributed by atoms with Crippen LogP contribution in [-0.4, -0.2) is 22.0 Å². The average Bonchev–Trinajstić information content (AvgIpc) is 3.46. The largest absolute Gasteiger partial charge is 0.488 e. The van der Waals surface area contributed by atoms with Crippen molar-refractivity contribution < 1.29 is 14.5 Å². The van der Waals surface area contributed by atoms with Crippen molar-refractivity contribution in [2.75, 3.05) is 5.32 Å². The molecule has 0 aliphatic rings. The Hall–Kier alpha value is -4.77. The van der Waals surface area contributed by atoms with Gasteiger partial charge in [0.15, 0.2) is 5.13 Å². The Labute approximate surface area is 254 Å². The summed E-state index contributed by atoms with van der Waals surface area (Å²) in [6, 6.07) is 25.5. The molecule has 0 spiro atoms. The number of carbonyl (C=O) groups is 1. The fraction of sp³-hybridized carbons (Fsp3) is 0.0333. The third kappa shape index (κ3) is 7.49. The Bertz CT molecular complexity index is 1740. The van der Waals surface area contributed by atoms with Crippen LogP contribution in [0.3, 0.4) is 0 Å². The first kappa shape index (κ1) is 28.7. The zero-order valence-corrected chi connectivity index (χ0v) is 24.0. The van der Waals surface area contributed by atoms with Crippen molar-refractivity contribution in [1.82, 2.24) is 10.4 Å². The third-order valence-electron chi connectivity index (χ3n) is 5.93. The van der Waals surface area contributed by atoms with Gasteiger partial charge >= 0.3 is 0 Å². The van der Waals surface area contributed by atoms with Crippen molar-refractivity contribution in [3.63, 3.8) is 0 Å². The number of rotatable bonds is 10. The molecule has 0 unspecified atom stereocenters. The van der Waals surface area contributed by atoms with E-state index in [-0.39, 0.29) is 12.3 Å². The molecule has 0 saturated heterocycles. The predicted molar refractivity (Wildman–Crippen MR) is 166 cm³/mol. The Kier molecular flexibility index (Phi) is 9.08. The van der Waals surface area contributed by atoms with Crippen LogP contribution in [0.5, 0.6) is 5.75 Å². The zero-order valence-electron chi connectivity index (χ0n) is 21.7. The zero-order chi connectivity index (χ0) is 29.5. The molecule has 0 aliphatic heterocycles. The molecular formula is C30H21Cl2N5O4S. The molecule has 4 aromatic carbocycles. The number of anilines is 2. The molecule has 2 N–H and O–H groups in total. The van der Waals surface area contributed by atoms with Gasteiger partial charge in [-0.3, -0.25) is 14.9 Å². The molecule has 1 aromatic heterocycles. The van der Waals surface area contributed by atoms with Gasteiger partial charge in [0, 0.05) is 49.9 Å². The number of hydrazone groups is 1. The molecule has 0 bridgehead atoms. The molecule has 0 aliphatic carbocycles. The monoisotopic (exact) mass is 617 g/mol. The van der Waals surface area contributed by atoms with Crippen LogP contribution in [0.25, 0.3) is 11.3 Å². The number of nitrogens with zero attached hydrogens (tertiary/aromatic N) is 3. The fourth-order valence-corrected chi connectivity index (χ4v) is 4.81. The van der Waals surface area contributed by atoms with Gasteiger partial charge in [-0.15, -0.1) is 11.3 Å². The van der Waals surface area contributed by atoms with Crippen LogP contribution in [0.1, 0.15) is 21.5 Å². The van der Waals surface area contributed by atoms with Gasteiger partial charge in [-0.2, -0.15) is 5.10 Å². The molecule has 210 valence electrons. The summed E-state index contributed by atoms with van der Waals surface area (Å²) in [6.45, 7) is 0.177. The number of hydrogen-bond acceptors (Lipinski definition) is 8. The summed E-state index contributed by atoms with van der Waals surface area (Å²) >= 11 is 13.6. The Balaban J connectivity index is 1.19. The Morgan fingerprint density at radius 1 is 0.976 bits per heavy atom. The number of carbonyl (C=O) groups excluding carboxylic acids is 1. The summed E-state index contributed by atoms with van der Waals surface area (Å²) in [5, 5.41) is 22.0. The van der Waals surface area contributed by atoms with E-state index in [1.807, 2.05) is 29.6 Å². The number of non-ortho nitro benzene ring substituents is 1. The second-order valence-corrected chi connectivity index (χ2v) is 10.6. The maximum absolute atomic E-state index is 12.7. The van der Waals surface area contributed by atoms with Gasteiger partial charge < -0.3 is 10.1 Å². The molecule has 1 amide bonds. The number of thiazole rings is 1. The first-order valence-electron chi connectivity index (χ1n) is 12.4. The second kappa shape index (κ2) is 13.3. The molecule has 1 heterocycles. The number of aromatic nitrogens is 1. The van der Waals surface area contributed by atoms with Gasteiger partial charge in [0.1, 0.15) is 12.4 Å². The smallest absolute Gasteiger partial charge is 0.271 e. The number of amides is 1. The highest BCUT2D eigenvalue weighted by atomic mass is 35.5. The van der Waals surface area contributed by atoms with E-state index in [0.29, 0.717) is 26.9 Å². The molecule has 5 rings (SSSR count). The summed E-state index contributed by atoms with van der Waals surface area (Å²) in [6.07, 6.45) is 1.44. The van der Waals surface area contributed by atoms with Crippen LogP contribution in [0.15, 0.2) is 101 Å². The molecular weight excluding hydrogens is 597 g/mol. The topological polar surface area (TPSA) is 119 Å². The maximum atomic E-state index is 12.7. The van der Waals surface area contributed by atoms with E-state index in [4.69, 9.17) is 27.9 Å². The van der Waals surface area contributed by atoms with Crippen molar-refractivity contribution in [2.45, 2.75) is 6.61 Å². The molecule has 42 heavy (non-hydrogen) atoms. The maximum Gasteiger partial charge on any atom is 0.271 e. The number of nitro groups is 1.